The van der Waals surface area contributed by atoms with Gasteiger partial charge in [0.05, 0.1) is 4.87 Å². The third-order valence-corrected chi connectivity index (χ3v) is 7.86. The zero-order valence-corrected chi connectivity index (χ0v) is 19.3. The van der Waals surface area contributed by atoms with Gasteiger partial charge in [-0.3, -0.25) is 9.59 Å². The van der Waals surface area contributed by atoms with Crippen molar-refractivity contribution in [3.05, 3.63) is 35.4 Å². The van der Waals surface area contributed by atoms with Gasteiger partial charge in [0.15, 0.2) is 0 Å². The topological polar surface area (TPSA) is 40.6 Å². The summed E-state index contributed by atoms with van der Waals surface area (Å²) < 4.78 is 0. The summed E-state index contributed by atoms with van der Waals surface area (Å²) in [6.45, 7) is 11.1. The summed E-state index contributed by atoms with van der Waals surface area (Å²) in [7, 11) is 0. The second-order valence-electron chi connectivity index (χ2n) is 9.42. The summed E-state index contributed by atoms with van der Waals surface area (Å²) in [6, 6.07) is 8.12. The Kier molecular flexibility index (Phi) is 6.98. The summed E-state index contributed by atoms with van der Waals surface area (Å²) >= 11 is 1.91. The second kappa shape index (κ2) is 9.11. The first-order valence-electron chi connectivity index (χ1n) is 11.1. The van der Waals surface area contributed by atoms with E-state index in [0.717, 1.165) is 63.1 Å². The lowest BCUT2D eigenvalue weighted by atomic mass is 9.86. The highest BCUT2D eigenvalue weighted by Crippen LogP contribution is 2.44. The molecule has 2 fully saturated rings. The molecule has 2 aliphatic rings. The molecule has 2 aliphatic heterocycles. The molecule has 0 N–H and O–H groups in total. The zero-order valence-electron chi connectivity index (χ0n) is 18.5. The van der Waals surface area contributed by atoms with E-state index in [1.54, 1.807) is 0 Å². The number of unbranched alkanes of at least 4 members (excludes halogenated alkanes) is 2. The fourth-order valence-electron chi connectivity index (χ4n) is 4.37. The van der Waals surface area contributed by atoms with E-state index in [4.69, 9.17) is 0 Å². The number of thioether (sulfide) groups is 1. The molecule has 1 aromatic carbocycles. The van der Waals surface area contributed by atoms with E-state index < -0.39 is 0 Å². The molecule has 2 amide bonds. The largest absolute Gasteiger partial charge is 0.342 e. The van der Waals surface area contributed by atoms with Gasteiger partial charge in [-0.15, -0.1) is 11.8 Å². The number of amides is 2. The lowest BCUT2D eigenvalue weighted by Gasteiger charge is -2.44. The van der Waals surface area contributed by atoms with Crippen molar-refractivity contribution in [3.8, 4) is 0 Å². The molecule has 160 valence electrons. The van der Waals surface area contributed by atoms with Gasteiger partial charge in [0.2, 0.25) is 5.91 Å². The van der Waals surface area contributed by atoms with Crippen LogP contribution >= 0.6 is 11.8 Å². The first-order valence-corrected chi connectivity index (χ1v) is 12.1. The van der Waals surface area contributed by atoms with Gasteiger partial charge >= 0.3 is 0 Å². The van der Waals surface area contributed by atoms with Crippen molar-refractivity contribution in [2.24, 2.45) is 0 Å². The Morgan fingerprint density at radius 1 is 1.03 bits per heavy atom. The van der Waals surface area contributed by atoms with E-state index in [1.807, 2.05) is 28.8 Å². The normalized spacial score (nSPS) is 19.0. The van der Waals surface area contributed by atoms with Crippen LogP contribution < -0.4 is 0 Å². The molecule has 29 heavy (non-hydrogen) atoms. The number of piperidine rings is 1. The number of nitrogens with zero attached hydrogens (tertiary/aromatic N) is 2. The molecule has 1 spiro atoms. The zero-order chi connectivity index (χ0) is 21.1. The van der Waals surface area contributed by atoms with Crippen molar-refractivity contribution in [2.75, 3.05) is 25.4 Å². The Balaban J connectivity index is 1.64. The maximum absolute atomic E-state index is 13.3. The van der Waals surface area contributed by atoms with Gasteiger partial charge in [0.25, 0.3) is 5.91 Å². The van der Waals surface area contributed by atoms with Crippen molar-refractivity contribution in [2.45, 2.75) is 76.5 Å². The first-order chi connectivity index (χ1) is 13.8. The summed E-state index contributed by atoms with van der Waals surface area (Å²) in [5, 5.41) is 0. The van der Waals surface area contributed by atoms with Crippen LogP contribution in [0.1, 0.15) is 82.1 Å². The minimum atomic E-state index is -0.139. The molecule has 0 aromatic heterocycles. The third kappa shape index (κ3) is 4.99. The van der Waals surface area contributed by atoms with Crippen LogP contribution in [-0.4, -0.2) is 51.9 Å². The molecule has 1 aromatic rings. The molecule has 0 unspecified atom stereocenters. The van der Waals surface area contributed by atoms with Gasteiger partial charge < -0.3 is 9.80 Å². The number of carbonyl (C=O) groups is 2. The van der Waals surface area contributed by atoms with Crippen LogP contribution in [-0.2, 0) is 10.2 Å². The van der Waals surface area contributed by atoms with E-state index >= 15 is 0 Å². The Hall–Kier alpha value is -1.49. The van der Waals surface area contributed by atoms with E-state index in [0.29, 0.717) is 6.42 Å². The van der Waals surface area contributed by atoms with E-state index in [1.165, 1.54) is 5.56 Å². The maximum atomic E-state index is 13.3. The number of likely N-dealkylation sites (tertiary alicyclic amines) is 1. The summed E-state index contributed by atoms with van der Waals surface area (Å²) in [5.41, 5.74) is 2.11. The number of hydrogen-bond acceptors (Lipinski definition) is 3. The monoisotopic (exact) mass is 416 g/mol. The molecule has 2 heterocycles. The van der Waals surface area contributed by atoms with Crippen LogP contribution in [0, 0.1) is 0 Å². The summed E-state index contributed by atoms with van der Waals surface area (Å²) in [4.78, 5) is 29.7. The molecule has 0 radical (unpaired) electrons. The average Bonchev–Trinajstić information content (AvgIpc) is 3.10. The average molecular weight is 417 g/mol. The second-order valence-corrected chi connectivity index (χ2v) is 10.9. The van der Waals surface area contributed by atoms with Crippen LogP contribution in [0.25, 0.3) is 0 Å². The van der Waals surface area contributed by atoms with E-state index in [9.17, 15) is 9.59 Å². The number of hydrogen-bond donors (Lipinski definition) is 0. The summed E-state index contributed by atoms with van der Waals surface area (Å²) in [5.74, 6) is 1.40. The molecule has 0 saturated carbocycles. The predicted molar refractivity (Wildman–Crippen MR) is 121 cm³/mol. The van der Waals surface area contributed by atoms with Gasteiger partial charge in [-0.1, -0.05) is 52.7 Å². The van der Waals surface area contributed by atoms with Gasteiger partial charge in [0.1, 0.15) is 0 Å². The SMILES string of the molecule is CCCCCC(=O)N1CCC2(CC1)SCCN2C(=O)c1ccc(C(C)(C)C)cc1. The fourth-order valence-corrected chi connectivity index (χ4v) is 5.82. The summed E-state index contributed by atoms with van der Waals surface area (Å²) in [6.07, 6.45) is 5.67. The van der Waals surface area contributed by atoms with E-state index in [2.05, 4.69) is 44.7 Å². The quantitative estimate of drug-likeness (QED) is 0.629. The number of benzene rings is 1. The molecule has 0 aliphatic carbocycles. The smallest absolute Gasteiger partial charge is 0.254 e. The Bertz CT molecular complexity index is 715. The fraction of sp³-hybridized carbons (Fsp3) is 0.667. The van der Waals surface area contributed by atoms with Crippen LogP contribution in [0.4, 0.5) is 0 Å². The lowest BCUT2D eigenvalue weighted by Crippen LogP contribution is -2.53. The maximum Gasteiger partial charge on any atom is 0.254 e. The predicted octanol–water partition coefficient (Wildman–Crippen LogP) is 5.07. The van der Waals surface area contributed by atoms with Crippen LogP contribution in [0.5, 0.6) is 0 Å². The van der Waals surface area contributed by atoms with Crippen LogP contribution in [0.3, 0.4) is 0 Å². The molecular weight excluding hydrogens is 380 g/mol. The molecule has 3 rings (SSSR count). The van der Waals surface area contributed by atoms with Crippen molar-refractivity contribution < 1.29 is 9.59 Å². The number of carbonyl (C=O) groups excluding carboxylic acids is 2. The van der Waals surface area contributed by atoms with Crippen molar-refractivity contribution >= 4 is 23.6 Å². The standard InChI is InChI=1S/C24H36N2O2S/c1-5-6-7-8-21(27)25-15-13-24(14-16-25)26(17-18-29-24)22(28)19-9-11-20(12-10-19)23(2,3)4/h9-12H,5-8,13-18H2,1-4H3. The van der Waals surface area contributed by atoms with Crippen molar-refractivity contribution in [1.82, 2.24) is 9.80 Å². The van der Waals surface area contributed by atoms with Gasteiger partial charge in [-0.05, 0) is 42.4 Å². The third-order valence-electron chi connectivity index (χ3n) is 6.31. The van der Waals surface area contributed by atoms with Gasteiger partial charge in [-0.2, -0.15) is 0 Å². The molecular formula is C24H36N2O2S. The Morgan fingerprint density at radius 2 is 1.69 bits per heavy atom. The molecule has 4 nitrogen and oxygen atoms in total. The highest BCUT2D eigenvalue weighted by Gasteiger charge is 2.47. The molecule has 0 bridgehead atoms. The Morgan fingerprint density at radius 3 is 2.28 bits per heavy atom. The highest BCUT2D eigenvalue weighted by atomic mass is 32.2. The lowest BCUT2D eigenvalue weighted by molar-refractivity contribution is -0.132. The van der Waals surface area contributed by atoms with Crippen molar-refractivity contribution in [1.29, 1.82) is 0 Å². The number of rotatable bonds is 5. The highest BCUT2D eigenvalue weighted by molar-refractivity contribution is 8.00. The van der Waals surface area contributed by atoms with Crippen LogP contribution in [0.2, 0.25) is 0 Å². The Labute approximate surface area is 180 Å². The van der Waals surface area contributed by atoms with E-state index in [-0.39, 0.29) is 22.1 Å². The van der Waals surface area contributed by atoms with Crippen LogP contribution in [0.15, 0.2) is 24.3 Å². The van der Waals surface area contributed by atoms with Crippen molar-refractivity contribution in [3.63, 3.8) is 0 Å². The van der Waals surface area contributed by atoms with Gasteiger partial charge in [0, 0.05) is 37.4 Å². The first kappa shape index (κ1) is 22.2. The molecule has 5 heteroatoms. The van der Waals surface area contributed by atoms with Gasteiger partial charge in [-0.25, -0.2) is 0 Å². The molecule has 2 saturated heterocycles. The minimum Gasteiger partial charge on any atom is -0.342 e. The molecule has 0 atom stereocenters. The minimum absolute atomic E-state index is 0.0861.